The summed E-state index contributed by atoms with van der Waals surface area (Å²) in [5.41, 5.74) is 0. The van der Waals surface area contributed by atoms with Crippen LogP contribution in [-0.4, -0.2) is 71.7 Å². The van der Waals surface area contributed by atoms with Crippen molar-refractivity contribution in [3.05, 3.63) is 0 Å². The van der Waals surface area contributed by atoms with E-state index in [0.29, 0.717) is 0 Å². The molecule has 0 bridgehead atoms. The van der Waals surface area contributed by atoms with Crippen LogP contribution in [0, 0.1) is 202 Å². The van der Waals surface area contributed by atoms with Crippen LogP contribution in [0.2, 0.25) is 0 Å². The van der Waals surface area contributed by atoms with Crippen LogP contribution in [0.1, 0.15) is 0 Å². The van der Waals surface area contributed by atoms with Crippen molar-refractivity contribution in [1.82, 2.24) is 0 Å². The van der Waals surface area contributed by atoms with Gasteiger partial charge in [0.25, 0.3) is 0 Å². The quantitative estimate of drug-likeness (QED) is 0.270. The average Bonchev–Trinajstić information content (AvgIpc) is 0. The second-order valence-corrected chi connectivity index (χ2v) is 0. The smallest absolute Gasteiger partial charge is 0 e. The predicted molar refractivity (Wildman–Crippen MR) is 17.3 cm³/mol. The molecule has 0 heterocycles. The summed E-state index contributed by atoms with van der Waals surface area (Å²) in [7, 11) is 0. The van der Waals surface area contributed by atoms with Crippen LogP contribution in [0.3, 0.4) is 0 Å². The summed E-state index contributed by atoms with van der Waals surface area (Å²) < 4.78 is 0. The summed E-state index contributed by atoms with van der Waals surface area (Å²) in [6.45, 7) is 0. The first-order chi connectivity index (χ1) is 0. The molecule has 42 valence electrons. The van der Waals surface area contributed by atoms with Crippen LogP contribution in [0.5, 0.6) is 0 Å². The van der Waals surface area contributed by atoms with E-state index < -0.39 is 0 Å². The molecule has 0 aromatic heterocycles. The van der Waals surface area contributed by atoms with Gasteiger partial charge in [-0.1, -0.05) is 0 Å². The molecule has 0 unspecified atom stereocenters. The molecule has 0 N–H and O–H groups in total. The average molecular weight is 1110 g/mol. The SMILES string of the molecule is [Sm].[Sm].[Sm].[Sm].[Sm].[Sn].[Sn].[Sn]. The van der Waals surface area contributed by atoms with E-state index in [9.17, 15) is 0 Å². The van der Waals surface area contributed by atoms with Crippen LogP contribution in [0.4, 0.5) is 0 Å². The van der Waals surface area contributed by atoms with E-state index in [-0.39, 0.29) is 274 Å². The molecular formula is Sm5Sn3. The van der Waals surface area contributed by atoms with Gasteiger partial charge in [-0.15, -0.1) is 0 Å². The summed E-state index contributed by atoms with van der Waals surface area (Å²) in [6.07, 6.45) is 0. The molecule has 0 spiro atoms. The fourth-order valence-corrected chi connectivity index (χ4v) is 0. The number of hydrogen-bond acceptors (Lipinski definition) is 0. The largest absolute Gasteiger partial charge is 0 e. The van der Waals surface area contributed by atoms with Crippen molar-refractivity contribution in [2.75, 3.05) is 0 Å². The Bertz CT molecular complexity index is 7.64. The minimum Gasteiger partial charge on any atom is 0 e. The summed E-state index contributed by atoms with van der Waals surface area (Å²) in [6, 6.07) is 0. The van der Waals surface area contributed by atoms with Gasteiger partial charge in [0.15, 0.2) is 0 Å². The van der Waals surface area contributed by atoms with Crippen molar-refractivity contribution in [3.8, 4) is 0 Å². The van der Waals surface area contributed by atoms with E-state index in [2.05, 4.69) is 0 Å². The van der Waals surface area contributed by atoms with Crippen LogP contribution >= 0.6 is 0 Å². The molecule has 0 aliphatic carbocycles. The molecule has 0 aromatic carbocycles. The fraction of sp³-hybridized carbons (Fsp3) is 0. The van der Waals surface area contributed by atoms with Gasteiger partial charge in [-0.2, -0.15) is 0 Å². The van der Waals surface area contributed by atoms with Crippen LogP contribution in [0.25, 0.3) is 0 Å². The summed E-state index contributed by atoms with van der Waals surface area (Å²) in [4.78, 5) is 0. The molecule has 0 aliphatic heterocycles. The second kappa shape index (κ2) is 44.3. The molecule has 12 radical (unpaired) electrons. The molecule has 0 atom stereocenters. The zero-order chi connectivity index (χ0) is 0. The Morgan fingerprint density at radius 1 is 0.250 bits per heavy atom. The molecule has 0 aliphatic rings. The summed E-state index contributed by atoms with van der Waals surface area (Å²) >= 11 is 0. The van der Waals surface area contributed by atoms with Crippen molar-refractivity contribution < 1.29 is 202 Å². The van der Waals surface area contributed by atoms with Gasteiger partial charge in [0.05, 0.1) is 0 Å². The Morgan fingerprint density at radius 3 is 0.250 bits per heavy atom. The van der Waals surface area contributed by atoms with Crippen LogP contribution in [-0.2, 0) is 0 Å². The Balaban J connectivity index is 0. The summed E-state index contributed by atoms with van der Waals surface area (Å²) in [5.74, 6) is 0. The first kappa shape index (κ1) is 53.6. The fourth-order valence-electron chi connectivity index (χ4n) is 0. The molecule has 0 amide bonds. The monoisotopic (exact) mass is 1120 g/mol. The third-order valence-corrected chi connectivity index (χ3v) is 0. The van der Waals surface area contributed by atoms with Crippen molar-refractivity contribution >= 4 is 71.7 Å². The van der Waals surface area contributed by atoms with E-state index >= 15 is 0 Å². The minimum atomic E-state index is 0. The molecule has 0 aromatic rings. The van der Waals surface area contributed by atoms with E-state index in [1.54, 1.807) is 0 Å². The van der Waals surface area contributed by atoms with Gasteiger partial charge in [0.2, 0.25) is 0 Å². The van der Waals surface area contributed by atoms with Crippen LogP contribution in [0.15, 0.2) is 0 Å². The summed E-state index contributed by atoms with van der Waals surface area (Å²) in [5, 5.41) is 0. The third-order valence-electron chi connectivity index (χ3n) is 0. The van der Waals surface area contributed by atoms with Gasteiger partial charge in [0.1, 0.15) is 0 Å². The topological polar surface area (TPSA) is 0 Å². The second-order valence-electron chi connectivity index (χ2n) is 0. The maximum Gasteiger partial charge on any atom is 0 e. The van der Waals surface area contributed by atoms with E-state index in [0.717, 1.165) is 0 Å². The first-order valence-electron chi connectivity index (χ1n) is 0. The predicted octanol–water partition coefficient (Wildman–Crippen LogP) is -1.14. The molecular weight excluding hydrogens is 1110 g/mol. The molecule has 0 rings (SSSR count). The maximum atomic E-state index is 0. The molecule has 0 saturated heterocycles. The van der Waals surface area contributed by atoms with Crippen molar-refractivity contribution in [2.24, 2.45) is 0 Å². The van der Waals surface area contributed by atoms with Gasteiger partial charge >= 0.3 is 0 Å². The van der Waals surface area contributed by atoms with Gasteiger partial charge in [-0.05, 0) is 0 Å². The van der Waals surface area contributed by atoms with Gasteiger partial charge in [-0.3, -0.25) is 0 Å². The number of hydrogen-bond donors (Lipinski definition) is 0. The van der Waals surface area contributed by atoms with Crippen molar-refractivity contribution in [3.63, 3.8) is 0 Å². The normalized spacial score (nSPS) is 0. The molecule has 0 nitrogen and oxygen atoms in total. The molecule has 0 saturated carbocycles. The third kappa shape index (κ3) is 36.3. The van der Waals surface area contributed by atoms with Gasteiger partial charge < -0.3 is 0 Å². The minimum absolute atomic E-state index is 0. The van der Waals surface area contributed by atoms with E-state index in [4.69, 9.17) is 0 Å². The number of rotatable bonds is 0. The molecule has 8 heteroatoms. The van der Waals surface area contributed by atoms with Crippen molar-refractivity contribution in [2.45, 2.75) is 0 Å². The van der Waals surface area contributed by atoms with E-state index in [1.807, 2.05) is 0 Å². The zero-order valence-electron chi connectivity index (χ0n) is 3.54. The van der Waals surface area contributed by atoms with Gasteiger partial charge in [-0.25, -0.2) is 0 Å². The maximum absolute atomic E-state index is 0. The van der Waals surface area contributed by atoms with Gasteiger partial charge in [0, 0.05) is 274 Å². The first-order valence-corrected chi connectivity index (χ1v) is 0. The Kier molecular flexibility index (Phi) is 297. The Morgan fingerprint density at radius 2 is 0.250 bits per heavy atom. The molecule has 0 fully saturated rings. The van der Waals surface area contributed by atoms with Crippen LogP contribution < -0.4 is 0 Å². The van der Waals surface area contributed by atoms with Crippen molar-refractivity contribution in [1.29, 1.82) is 0 Å². The van der Waals surface area contributed by atoms with E-state index in [1.165, 1.54) is 0 Å². The Hall–Kier alpha value is 9.08. The molecule has 8 heavy (non-hydrogen) atoms. The standard InChI is InChI=1S/5Sm.3Sn. The Labute approximate surface area is 264 Å². The zero-order valence-corrected chi connectivity index (χ0v) is 25.2.